The quantitative estimate of drug-likeness (QED) is 0.676. The third-order valence-corrected chi connectivity index (χ3v) is 6.41. The number of nitrogens with zero attached hydrogens (tertiary/aromatic N) is 1. The fourth-order valence-electron chi connectivity index (χ4n) is 2.90. The summed E-state index contributed by atoms with van der Waals surface area (Å²) in [4.78, 5) is 24.2. The molecule has 0 spiro atoms. The van der Waals surface area contributed by atoms with Crippen LogP contribution in [0.2, 0.25) is 0 Å². The Morgan fingerprint density at radius 1 is 1.03 bits per heavy atom. The number of nitrogens with one attached hydrogen (secondary N) is 2. The fourth-order valence-corrected chi connectivity index (χ4v) is 4.43. The predicted molar refractivity (Wildman–Crippen MR) is 106 cm³/mol. The molecule has 0 aromatic heterocycles. The predicted octanol–water partition coefficient (Wildman–Crippen LogP) is 0.775. The third kappa shape index (κ3) is 5.20. The monoisotopic (exact) mass is 417 g/mol. The summed E-state index contributed by atoms with van der Waals surface area (Å²) in [6, 6.07) is 15.6. The zero-order chi connectivity index (χ0) is 20.9. The zero-order valence-electron chi connectivity index (χ0n) is 16.0. The van der Waals surface area contributed by atoms with Crippen LogP contribution >= 0.6 is 0 Å². The maximum atomic E-state index is 12.8. The van der Waals surface area contributed by atoms with Gasteiger partial charge in [0, 0.05) is 13.1 Å². The summed E-state index contributed by atoms with van der Waals surface area (Å²) in [6.45, 7) is 2.45. The summed E-state index contributed by atoms with van der Waals surface area (Å²) in [5.41, 5.74) is 1.97. The first-order valence-electron chi connectivity index (χ1n) is 9.18. The van der Waals surface area contributed by atoms with Gasteiger partial charge in [-0.2, -0.15) is 4.31 Å². The number of benzene rings is 2. The van der Waals surface area contributed by atoms with Crippen molar-refractivity contribution in [3.63, 3.8) is 0 Å². The highest BCUT2D eigenvalue weighted by Gasteiger charge is 2.36. The van der Waals surface area contributed by atoms with Crippen LogP contribution in [0, 0.1) is 6.92 Å². The van der Waals surface area contributed by atoms with Crippen LogP contribution in [-0.2, 0) is 30.9 Å². The van der Waals surface area contributed by atoms with Crippen LogP contribution in [0.4, 0.5) is 0 Å². The lowest BCUT2D eigenvalue weighted by Gasteiger charge is -2.22. The minimum atomic E-state index is -3.75. The molecule has 3 rings (SSSR count). The molecule has 1 atom stereocenters. The van der Waals surface area contributed by atoms with E-state index in [0.717, 1.165) is 11.1 Å². The van der Waals surface area contributed by atoms with Gasteiger partial charge in [0.1, 0.15) is 6.23 Å². The van der Waals surface area contributed by atoms with Crippen molar-refractivity contribution in [3.05, 3.63) is 65.7 Å². The summed E-state index contributed by atoms with van der Waals surface area (Å²) in [6.07, 6.45) is -0.867. The lowest BCUT2D eigenvalue weighted by molar-refractivity contribution is -0.139. The molecule has 9 heteroatoms. The van der Waals surface area contributed by atoms with Crippen molar-refractivity contribution >= 4 is 21.8 Å². The molecular weight excluding hydrogens is 394 g/mol. The van der Waals surface area contributed by atoms with E-state index in [1.165, 1.54) is 16.4 Å². The van der Waals surface area contributed by atoms with E-state index in [9.17, 15) is 18.0 Å². The van der Waals surface area contributed by atoms with Crippen molar-refractivity contribution in [2.75, 3.05) is 19.7 Å². The summed E-state index contributed by atoms with van der Waals surface area (Å²) < 4.78 is 32.2. The van der Waals surface area contributed by atoms with Gasteiger partial charge < -0.3 is 15.4 Å². The molecule has 0 unspecified atom stereocenters. The van der Waals surface area contributed by atoms with Gasteiger partial charge in [-0.3, -0.25) is 9.59 Å². The minimum Gasteiger partial charge on any atom is -0.359 e. The number of amides is 2. The van der Waals surface area contributed by atoms with Crippen LogP contribution < -0.4 is 10.6 Å². The van der Waals surface area contributed by atoms with Gasteiger partial charge in [-0.1, -0.05) is 48.0 Å². The molecule has 8 nitrogen and oxygen atoms in total. The molecule has 2 amide bonds. The van der Waals surface area contributed by atoms with Crippen LogP contribution in [0.25, 0.3) is 0 Å². The van der Waals surface area contributed by atoms with Crippen LogP contribution in [0.1, 0.15) is 11.1 Å². The van der Waals surface area contributed by atoms with Gasteiger partial charge in [-0.15, -0.1) is 0 Å². The van der Waals surface area contributed by atoms with Gasteiger partial charge in [0.15, 0.2) is 0 Å². The summed E-state index contributed by atoms with van der Waals surface area (Å²) in [5.74, 6) is -1.63. The second kappa shape index (κ2) is 9.17. The highest BCUT2D eigenvalue weighted by Crippen LogP contribution is 2.21. The molecule has 1 aliphatic heterocycles. The summed E-state index contributed by atoms with van der Waals surface area (Å²) in [5, 5.41) is 4.98. The van der Waals surface area contributed by atoms with E-state index >= 15 is 0 Å². The number of hydrogen-bond donors (Lipinski definition) is 2. The zero-order valence-corrected chi connectivity index (χ0v) is 16.8. The van der Waals surface area contributed by atoms with Crippen LogP contribution in [0.15, 0.2) is 59.5 Å². The molecule has 0 aliphatic carbocycles. The molecule has 1 heterocycles. The third-order valence-electron chi connectivity index (χ3n) is 4.51. The lowest BCUT2D eigenvalue weighted by atomic mass is 10.1. The van der Waals surface area contributed by atoms with Crippen molar-refractivity contribution in [1.29, 1.82) is 0 Å². The van der Waals surface area contributed by atoms with Gasteiger partial charge in [0.05, 0.1) is 18.0 Å². The molecule has 154 valence electrons. The van der Waals surface area contributed by atoms with Gasteiger partial charge in [0.2, 0.25) is 10.0 Å². The first kappa shape index (κ1) is 21.0. The van der Waals surface area contributed by atoms with Crippen LogP contribution in [0.3, 0.4) is 0 Å². The number of carbonyl (C=O) groups is 2. The van der Waals surface area contributed by atoms with Crippen molar-refractivity contribution in [1.82, 2.24) is 14.9 Å². The Bertz CT molecular complexity index is 961. The molecule has 0 bridgehead atoms. The van der Waals surface area contributed by atoms with E-state index in [1.807, 2.05) is 31.2 Å². The molecule has 2 aromatic carbocycles. The lowest BCUT2D eigenvalue weighted by Crippen LogP contribution is -2.47. The Hall–Kier alpha value is -2.75. The van der Waals surface area contributed by atoms with Crippen molar-refractivity contribution in [2.45, 2.75) is 24.6 Å². The van der Waals surface area contributed by atoms with E-state index in [1.54, 1.807) is 18.2 Å². The Kier molecular flexibility index (Phi) is 6.63. The molecule has 1 saturated heterocycles. The average molecular weight is 417 g/mol. The van der Waals surface area contributed by atoms with E-state index in [-0.39, 0.29) is 31.1 Å². The molecule has 29 heavy (non-hydrogen) atoms. The Balaban J connectivity index is 1.53. The Labute approximate surface area is 169 Å². The Morgan fingerprint density at radius 3 is 2.38 bits per heavy atom. The number of rotatable bonds is 6. The number of hydrogen-bond acceptors (Lipinski definition) is 5. The molecule has 2 N–H and O–H groups in total. The number of ether oxygens (including phenoxy) is 1. The topological polar surface area (TPSA) is 105 Å². The van der Waals surface area contributed by atoms with Gasteiger partial charge >= 0.3 is 11.8 Å². The normalized spacial score (nSPS) is 17.1. The molecule has 2 aromatic rings. The SMILES string of the molecule is Cc1ccc(CNC(=O)C(=O)NC[C@H]2OCCN2S(=O)(=O)c2ccccc2)cc1. The van der Waals surface area contributed by atoms with Gasteiger partial charge in [0.25, 0.3) is 0 Å². The highest BCUT2D eigenvalue weighted by molar-refractivity contribution is 7.89. The first-order chi connectivity index (χ1) is 13.9. The summed E-state index contributed by atoms with van der Waals surface area (Å²) in [7, 11) is -3.75. The van der Waals surface area contributed by atoms with Crippen molar-refractivity contribution in [2.24, 2.45) is 0 Å². The van der Waals surface area contributed by atoms with Crippen LogP contribution in [-0.4, -0.2) is 50.5 Å². The van der Waals surface area contributed by atoms with E-state index in [0.29, 0.717) is 0 Å². The molecular formula is C20H23N3O5S. The standard InChI is InChI=1S/C20H23N3O5S/c1-15-7-9-16(10-8-15)13-21-19(24)20(25)22-14-18-23(11-12-28-18)29(26,27)17-5-3-2-4-6-17/h2-10,18H,11-14H2,1H3,(H,21,24)(H,22,25)/t18-/m1/s1. The maximum Gasteiger partial charge on any atom is 0.309 e. The minimum absolute atomic E-state index is 0.122. The van der Waals surface area contributed by atoms with Crippen molar-refractivity contribution in [3.8, 4) is 0 Å². The molecule has 0 saturated carbocycles. The first-order valence-corrected chi connectivity index (χ1v) is 10.6. The van der Waals surface area contributed by atoms with Crippen LogP contribution in [0.5, 0.6) is 0 Å². The molecule has 1 fully saturated rings. The second-order valence-corrected chi connectivity index (χ2v) is 8.52. The van der Waals surface area contributed by atoms with E-state index in [2.05, 4.69) is 10.6 Å². The van der Waals surface area contributed by atoms with Gasteiger partial charge in [-0.05, 0) is 24.6 Å². The van der Waals surface area contributed by atoms with E-state index < -0.39 is 28.1 Å². The van der Waals surface area contributed by atoms with E-state index in [4.69, 9.17) is 4.74 Å². The number of sulfonamides is 1. The van der Waals surface area contributed by atoms with Gasteiger partial charge in [-0.25, -0.2) is 8.42 Å². The number of aryl methyl sites for hydroxylation is 1. The smallest absolute Gasteiger partial charge is 0.309 e. The number of carbonyl (C=O) groups excluding carboxylic acids is 2. The maximum absolute atomic E-state index is 12.8. The highest BCUT2D eigenvalue weighted by atomic mass is 32.2. The fraction of sp³-hybridized carbons (Fsp3) is 0.300. The Morgan fingerprint density at radius 2 is 1.69 bits per heavy atom. The molecule has 0 radical (unpaired) electrons. The second-order valence-electron chi connectivity index (χ2n) is 6.63. The van der Waals surface area contributed by atoms with Crippen molar-refractivity contribution < 1.29 is 22.7 Å². The average Bonchev–Trinajstić information content (AvgIpc) is 3.21. The largest absolute Gasteiger partial charge is 0.359 e. The molecule has 1 aliphatic rings. The summed E-state index contributed by atoms with van der Waals surface area (Å²) >= 11 is 0.